The van der Waals surface area contributed by atoms with Crippen LogP contribution >= 0.6 is 11.6 Å². The van der Waals surface area contributed by atoms with E-state index in [9.17, 15) is 0 Å². The second-order valence-electron chi connectivity index (χ2n) is 3.99. The summed E-state index contributed by atoms with van der Waals surface area (Å²) < 4.78 is 0. The minimum Gasteiger partial charge on any atom is -0.253 e. The van der Waals surface area contributed by atoms with Crippen LogP contribution in [0.3, 0.4) is 0 Å². The van der Waals surface area contributed by atoms with Crippen molar-refractivity contribution in [2.45, 2.75) is 19.8 Å². The molecule has 0 fully saturated rings. The second kappa shape index (κ2) is 4.11. The van der Waals surface area contributed by atoms with E-state index in [-0.39, 0.29) is 5.92 Å². The Morgan fingerprint density at radius 1 is 1.38 bits per heavy atom. The van der Waals surface area contributed by atoms with Gasteiger partial charge in [-0.25, -0.2) is 0 Å². The zero-order valence-corrected chi connectivity index (χ0v) is 9.92. The molecule has 0 aliphatic rings. The van der Waals surface area contributed by atoms with Crippen molar-refractivity contribution < 1.29 is 0 Å². The van der Waals surface area contributed by atoms with E-state index in [1.54, 1.807) is 6.20 Å². The van der Waals surface area contributed by atoms with Crippen LogP contribution in [0.25, 0.3) is 10.9 Å². The number of nitriles is 1. The number of rotatable bonds is 1. The van der Waals surface area contributed by atoms with Gasteiger partial charge in [0.2, 0.25) is 0 Å². The smallest absolute Gasteiger partial charge is 0.101 e. The Labute approximate surface area is 99.5 Å². The normalized spacial score (nSPS) is 10.7. The van der Waals surface area contributed by atoms with Crippen LogP contribution in [0, 0.1) is 11.3 Å². The third kappa shape index (κ3) is 1.64. The maximum Gasteiger partial charge on any atom is 0.101 e. The van der Waals surface area contributed by atoms with Gasteiger partial charge >= 0.3 is 0 Å². The van der Waals surface area contributed by atoms with E-state index in [1.165, 1.54) is 0 Å². The summed E-state index contributed by atoms with van der Waals surface area (Å²) in [5.41, 5.74) is 2.42. The van der Waals surface area contributed by atoms with Crippen molar-refractivity contribution in [3.8, 4) is 6.07 Å². The molecule has 0 bridgehead atoms. The summed E-state index contributed by atoms with van der Waals surface area (Å²) in [6.07, 6.45) is 1.60. The maximum atomic E-state index is 9.07. The lowest BCUT2D eigenvalue weighted by atomic mass is 9.95. The van der Waals surface area contributed by atoms with Crippen molar-refractivity contribution in [1.29, 1.82) is 5.26 Å². The molecule has 80 valence electrons. The number of fused-ring (bicyclic) bond motifs is 1. The second-order valence-corrected chi connectivity index (χ2v) is 4.40. The van der Waals surface area contributed by atoms with Gasteiger partial charge in [-0.3, -0.25) is 4.98 Å². The SMILES string of the molecule is CC(C)c1c(C#N)cnc2c(Cl)cccc12. The zero-order valence-electron chi connectivity index (χ0n) is 9.16. The van der Waals surface area contributed by atoms with Gasteiger partial charge in [0, 0.05) is 11.6 Å². The maximum absolute atomic E-state index is 9.07. The topological polar surface area (TPSA) is 36.7 Å². The molecule has 1 aromatic heterocycles. The summed E-state index contributed by atoms with van der Waals surface area (Å²) in [7, 11) is 0. The van der Waals surface area contributed by atoms with E-state index in [4.69, 9.17) is 16.9 Å². The highest BCUT2D eigenvalue weighted by Gasteiger charge is 2.13. The zero-order chi connectivity index (χ0) is 11.7. The molecule has 2 nitrogen and oxygen atoms in total. The van der Waals surface area contributed by atoms with Gasteiger partial charge in [-0.15, -0.1) is 0 Å². The van der Waals surface area contributed by atoms with Crippen LogP contribution in [-0.4, -0.2) is 4.98 Å². The van der Waals surface area contributed by atoms with Crippen LogP contribution < -0.4 is 0 Å². The molecule has 2 aromatic rings. The Hall–Kier alpha value is -1.59. The van der Waals surface area contributed by atoms with Crippen LogP contribution in [0.2, 0.25) is 5.02 Å². The first-order valence-electron chi connectivity index (χ1n) is 5.12. The van der Waals surface area contributed by atoms with Crippen molar-refractivity contribution in [2.24, 2.45) is 0 Å². The number of hydrogen-bond acceptors (Lipinski definition) is 2. The molecule has 0 aliphatic carbocycles. The monoisotopic (exact) mass is 230 g/mol. The van der Waals surface area contributed by atoms with E-state index < -0.39 is 0 Å². The molecule has 0 N–H and O–H groups in total. The third-order valence-corrected chi connectivity index (χ3v) is 2.89. The molecule has 0 amide bonds. The van der Waals surface area contributed by atoms with Gasteiger partial charge in [0.25, 0.3) is 0 Å². The summed E-state index contributed by atoms with van der Waals surface area (Å²) >= 11 is 6.08. The first-order chi connectivity index (χ1) is 7.65. The predicted molar refractivity (Wildman–Crippen MR) is 65.6 cm³/mol. The van der Waals surface area contributed by atoms with Crippen LogP contribution in [-0.2, 0) is 0 Å². The average molecular weight is 231 g/mol. The van der Waals surface area contributed by atoms with E-state index >= 15 is 0 Å². The fourth-order valence-electron chi connectivity index (χ4n) is 1.92. The quantitative estimate of drug-likeness (QED) is 0.745. The van der Waals surface area contributed by atoms with Crippen LogP contribution in [0.5, 0.6) is 0 Å². The van der Waals surface area contributed by atoms with Crippen molar-refractivity contribution in [3.63, 3.8) is 0 Å². The highest BCUT2D eigenvalue weighted by atomic mass is 35.5. The number of benzene rings is 1. The minimum absolute atomic E-state index is 0.276. The molecule has 0 radical (unpaired) electrons. The number of pyridine rings is 1. The van der Waals surface area contributed by atoms with Gasteiger partial charge in [-0.1, -0.05) is 37.6 Å². The van der Waals surface area contributed by atoms with Gasteiger partial charge in [0.15, 0.2) is 0 Å². The molecule has 1 heterocycles. The van der Waals surface area contributed by atoms with Gasteiger partial charge in [0.05, 0.1) is 16.1 Å². The molecule has 0 unspecified atom stereocenters. The lowest BCUT2D eigenvalue weighted by Gasteiger charge is -2.11. The Balaban J connectivity index is 2.91. The van der Waals surface area contributed by atoms with Crippen LogP contribution in [0.15, 0.2) is 24.4 Å². The molecule has 0 atom stereocenters. The number of aromatic nitrogens is 1. The molecule has 3 heteroatoms. The molecule has 16 heavy (non-hydrogen) atoms. The first kappa shape index (κ1) is 10.9. The van der Waals surface area contributed by atoms with Crippen molar-refractivity contribution in [3.05, 3.63) is 40.5 Å². The summed E-state index contributed by atoms with van der Waals surface area (Å²) in [6, 6.07) is 7.85. The van der Waals surface area contributed by atoms with Gasteiger partial charge in [-0.2, -0.15) is 5.26 Å². The van der Waals surface area contributed by atoms with Crippen molar-refractivity contribution in [1.82, 2.24) is 4.98 Å². The molecule has 0 saturated heterocycles. The van der Waals surface area contributed by atoms with E-state index in [2.05, 4.69) is 24.9 Å². The average Bonchev–Trinajstić information content (AvgIpc) is 2.27. The van der Waals surface area contributed by atoms with Crippen LogP contribution in [0.1, 0.15) is 30.9 Å². The third-order valence-electron chi connectivity index (χ3n) is 2.59. The van der Waals surface area contributed by atoms with Gasteiger partial charge < -0.3 is 0 Å². The number of hydrogen-bond donors (Lipinski definition) is 0. The molecule has 1 aromatic carbocycles. The fraction of sp³-hybridized carbons (Fsp3) is 0.231. The summed E-state index contributed by atoms with van der Waals surface area (Å²) in [5.74, 6) is 0.276. The molecular weight excluding hydrogens is 220 g/mol. The van der Waals surface area contributed by atoms with Crippen LogP contribution in [0.4, 0.5) is 0 Å². The lowest BCUT2D eigenvalue weighted by molar-refractivity contribution is 0.870. The molecule has 0 spiro atoms. The molecule has 0 aliphatic heterocycles. The van der Waals surface area contributed by atoms with E-state index in [1.807, 2.05) is 18.2 Å². The highest BCUT2D eigenvalue weighted by Crippen LogP contribution is 2.30. The Morgan fingerprint density at radius 3 is 2.75 bits per heavy atom. The Morgan fingerprint density at radius 2 is 2.12 bits per heavy atom. The minimum atomic E-state index is 0.276. The Kier molecular flexibility index (Phi) is 2.80. The lowest BCUT2D eigenvalue weighted by Crippen LogP contribution is -1.96. The van der Waals surface area contributed by atoms with Crippen molar-refractivity contribution >= 4 is 22.5 Å². The highest BCUT2D eigenvalue weighted by molar-refractivity contribution is 6.35. The van der Waals surface area contributed by atoms with Crippen molar-refractivity contribution in [2.75, 3.05) is 0 Å². The predicted octanol–water partition coefficient (Wildman–Crippen LogP) is 3.88. The molecule has 2 rings (SSSR count). The summed E-state index contributed by atoms with van der Waals surface area (Å²) in [4.78, 5) is 4.24. The first-order valence-corrected chi connectivity index (χ1v) is 5.50. The number of halogens is 1. The van der Waals surface area contributed by atoms with Gasteiger partial charge in [0.1, 0.15) is 6.07 Å². The van der Waals surface area contributed by atoms with E-state index in [0.29, 0.717) is 10.6 Å². The number of para-hydroxylation sites is 1. The van der Waals surface area contributed by atoms with Gasteiger partial charge in [-0.05, 0) is 17.5 Å². The molecular formula is C13H11ClN2. The summed E-state index contributed by atoms with van der Waals surface area (Å²) in [5, 5.41) is 10.7. The molecule has 0 saturated carbocycles. The Bertz CT molecular complexity index is 582. The largest absolute Gasteiger partial charge is 0.253 e. The standard InChI is InChI=1S/C13H11ClN2/c1-8(2)12-9(6-15)7-16-13-10(12)4-3-5-11(13)14/h3-5,7-8H,1-2H3. The summed E-state index contributed by atoms with van der Waals surface area (Å²) in [6.45, 7) is 4.13. The number of nitrogens with zero attached hydrogens (tertiary/aromatic N) is 2. The van der Waals surface area contributed by atoms with E-state index in [0.717, 1.165) is 16.5 Å². The fourth-order valence-corrected chi connectivity index (χ4v) is 2.14.